The molecule has 2 amide bonds. The molecule has 2 aliphatic heterocycles. The van der Waals surface area contributed by atoms with Crippen LogP contribution in [-0.2, 0) is 16.0 Å². The third-order valence-electron chi connectivity index (χ3n) is 6.21. The van der Waals surface area contributed by atoms with Gasteiger partial charge < -0.3 is 20.9 Å². The van der Waals surface area contributed by atoms with E-state index in [2.05, 4.69) is 10.6 Å². The molecule has 4 rings (SSSR count). The first kappa shape index (κ1) is 19.9. The monoisotopic (exact) mass is 415 g/mol. The van der Waals surface area contributed by atoms with Crippen LogP contribution in [0.25, 0.3) is 0 Å². The number of carbonyl (C=O) groups excluding carboxylic acids is 2. The van der Waals surface area contributed by atoms with Crippen molar-refractivity contribution in [1.29, 1.82) is 5.41 Å². The Balaban J connectivity index is 1.42. The third-order valence-corrected chi connectivity index (χ3v) is 6.44. The fraction of sp³-hybridized carbons (Fsp3) is 0.476. The quantitative estimate of drug-likeness (QED) is 0.619. The lowest BCUT2D eigenvalue weighted by atomic mass is 9.82. The van der Waals surface area contributed by atoms with Gasteiger partial charge in [0, 0.05) is 17.8 Å². The number of likely N-dealkylation sites (tertiary alicyclic amines) is 1. The van der Waals surface area contributed by atoms with Gasteiger partial charge in [-0.3, -0.25) is 9.59 Å². The minimum absolute atomic E-state index is 0.0300. The van der Waals surface area contributed by atoms with Crippen molar-refractivity contribution in [1.82, 2.24) is 20.4 Å². The lowest BCUT2D eigenvalue weighted by Gasteiger charge is -2.41. The summed E-state index contributed by atoms with van der Waals surface area (Å²) in [5.74, 6) is 0.203. The van der Waals surface area contributed by atoms with Gasteiger partial charge in [0.25, 0.3) is 0 Å². The van der Waals surface area contributed by atoms with Gasteiger partial charge in [-0.15, -0.1) is 0 Å². The average Bonchev–Trinajstić information content (AvgIpc) is 3.48. The highest BCUT2D eigenvalue weighted by Crippen LogP contribution is 2.50. The van der Waals surface area contributed by atoms with Gasteiger partial charge in [0.05, 0.1) is 11.8 Å². The summed E-state index contributed by atoms with van der Waals surface area (Å²) in [7, 11) is 1.88. The van der Waals surface area contributed by atoms with Crippen molar-refractivity contribution >= 4 is 29.6 Å². The minimum Gasteiger partial charge on any atom is -0.359 e. The van der Waals surface area contributed by atoms with E-state index in [9.17, 15) is 9.59 Å². The second-order valence-corrected chi connectivity index (χ2v) is 8.53. The number of likely N-dealkylation sites (N-methyl/N-ethyl adjacent to an activating group) is 1. The number of carbonyl (C=O) groups is 2. The Morgan fingerprint density at radius 2 is 2.24 bits per heavy atom. The van der Waals surface area contributed by atoms with E-state index in [-0.39, 0.29) is 24.4 Å². The molecule has 154 valence electrons. The number of hydrogen-bond acceptors (Lipinski definition) is 5. The minimum atomic E-state index is -0.634. The van der Waals surface area contributed by atoms with Crippen molar-refractivity contribution in [3.8, 4) is 0 Å². The highest BCUT2D eigenvalue weighted by molar-refractivity contribution is 6.30. The topological polar surface area (TPSA) is 88.5 Å². The first-order valence-electron chi connectivity index (χ1n) is 9.96. The summed E-state index contributed by atoms with van der Waals surface area (Å²) >= 11 is 6.00. The van der Waals surface area contributed by atoms with Gasteiger partial charge in [-0.1, -0.05) is 23.7 Å². The fourth-order valence-electron chi connectivity index (χ4n) is 4.40. The van der Waals surface area contributed by atoms with E-state index >= 15 is 0 Å². The van der Waals surface area contributed by atoms with Crippen molar-refractivity contribution in [3.05, 3.63) is 47.1 Å². The molecule has 7 nitrogen and oxygen atoms in total. The van der Waals surface area contributed by atoms with Crippen molar-refractivity contribution < 1.29 is 9.59 Å². The molecule has 0 spiro atoms. The molecule has 2 heterocycles. The van der Waals surface area contributed by atoms with Crippen LogP contribution in [0.1, 0.15) is 24.8 Å². The van der Waals surface area contributed by atoms with Gasteiger partial charge >= 0.3 is 0 Å². The molecule has 2 fully saturated rings. The fourth-order valence-corrected chi connectivity index (χ4v) is 4.62. The van der Waals surface area contributed by atoms with E-state index in [1.54, 1.807) is 18.3 Å². The van der Waals surface area contributed by atoms with Crippen LogP contribution in [0.5, 0.6) is 0 Å². The number of rotatable bonds is 6. The van der Waals surface area contributed by atoms with E-state index in [4.69, 9.17) is 17.0 Å². The van der Waals surface area contributed by atoms with Crippen molar-refractivity contribution in [3.63, 3.8) is 0 Å². The largest absolute Gasteiger partial charge is 0.359 e. The number of amides is 2. The second kappa shape index (κ2) is 7.80. The van der Waals surface area contributed by atoms with E-state index in [0.29, 0.717) is 23.9 Å². The average molecular weight is 416 g/mol. The summed E-state index contributed by atoms with van der Waals surface area (Å²) in [5, 5.41) is 14.6. The molecule has 1 aliphatic carbocycles. The van der Waals surface area contributed by atoms with Gasteiger partial charge in [0.2, 0.25) is 11.8 Å². The molecule has 3 N–H and O–H groups in total. The predicted molar refractivity (Wildman–Crippen MR) is 111 cm³/mol. The van der Waals surface area contributed by atoms with Crippen LogP contribution in [0.4, 0.5) is 0 Å². The maximum absolute atomic E-state index is 13.2. The highest BCUT2D eigenvalue weighted by atomic mass is 35.5. The zero-order valence-corrected chi connectivity index (χ0v) is 17.2. The predicted octanol–water partition coefficient (Wildman–Crippen LogP) is 1.94. The Hall–Kier alpha value is -2.38. The summed E-state index contributed by atoms with van der Waals surface area (Å²) in [5.41, 5.74) is 0.209. The summed E-state index contributed by atoms with van der Waals surface area (Å²) in [6.45, 7) is 0.618. The van der Waals surface area contributed by atoms with E-state index in [0.717, 1.165) is 18.4 Å². The van der Waals surface area contributed by atoms with Crippen LogP contribution in [-0.4, -0.2) is 53.9 Å². The zero-order chi connectivity index (χ0) is 20.6. The number of hydrogen-bond donors (Lipinski definition) is 3. The molecule has 1 aromatic carbocycles. The number of nitrogens with one attached hydrogen (secondary N) is 3. The molecular weight excluding hydrogens is 390 g/mol. The molecule has 2 unspecified atom stereocenters. The Kier molecular flexibility index (Phi) is 5.36. The smallest absolute Gasteiger partial charge is 0.236 e. The van der Waals surface area contributed by atoms with Crippen LogP contribution >= 0.6 is 11.6 Å². The van der Waals surface area contributed by atoms with Gasteiger partial charge in [-0.05, 0) is 62.2 Å². The van der Waals surface area contributed by atoms with Gasteiger partial charge in [-0.2, -0.15) is 0 Å². The molecule has 0 bridgehead atoms. The summed E-state index contributed by atoms with van der Waals surface area (Å²) in [6.07, 6.45) is 7.33. The maximum atomic E-state index is 13.2. The number of nitrogens with zero attached hydrogens (tertiary/aromatic N) is 2. The molecule has 3 atom stereocenters. The molecule has 29 heavy (non-hydrogen) atoms. The van der Waals surface area contributed by atoms with Crippen LogP contribution in [0.15, 0.2) is 36.5 Å². The van der Waals surface area contributed by atoms with Gasteiger partial charge in [0.1, 0.15) is 6.17 Å². The summed E-state index contributed by atoms with van der Waals surface area (Å²) < 4.78 is 0. The standard InChI is InChI=1S/C21H26ClN5O2/c1-26-18(27-10-8-21(13-23,19(27)29)15-5-6-15)7-9-24-20(26)25-17(28)12-14-3-2-4-16(22)11-14/h2-4,7,9,11,13,15,18,20,23-24H,5-6,8,10,12H2,1H3,(H,25,28)/t18?,20?,21-/m1/s1. The Morgan fingerprint density at radius 1 is 1.45 bits per heavy atom. The maximum Gasteiger partial charge on any atom is 0.236 e. The van der Waals surface area contributed by atoms with Gasteiger partial charge in [-0.25, -0.2) is 4.90 Å². The molecule has 1 saturated heterocycles. The molecule has 0 radical (unpaired) electrons. The normalized spacial score (nSPS) is 29.6. The SMILES string of the molecule is CN1C(NC(=O)Cc2cccc(Cl)c2)NC=CC1N1CC[C@@](C=N)(C2CC2)C1=O. The highest BCUT2D eigenvalue weighted by Gasteiger charge is 2.56. The molecule has 3 aliphatic rings. The Bertz CT molecular complexity index is 855. The third kappa shape index (κ3) is 3.76. The molecule has 1 aromatic rings. The van der Waals surface area contributed by atoms with Crippen LogP contribution in [0, 0.1) is 16.7 Å². The first-order chi connectivity index (χ1) is 13.9. The number of halogens is 1. The molecule has 1 saturated carbocycles. The van der Waals surface area contributed by atoms with E-state index < -0.39 is 11.7 Å². The van der Waals surface area contributed by atoms with E-state index in [1.165, 1.54) is 6.21 Å². The first-order valence-corrected chi connectivity index (χ1v) is 10.3. The lowest BCUT2D eigenvalue weighted by Crippen LogP contribution is -2.63. The Labute approximate surface area is 175 Å². The lowest BCUT2D eigenvalue weighted by molar-refractivity contribution is -0.138. The summed E-state index contributed by atoms with van der Waals surface area (Å²) in [4.78, 5) is 29.5. The van der Waals surface area contributed by atoms with Crippen LogP contribution < -0.4 is 10.6 Å². The molecule has 8 heteroatoms. The molecular formula is C21H26ClN5O2. The Morgan fingerprint density at radius 3 is 2.93 bits per heavy atom. The van der Waals surface area contributed by atoms with Crippen LogP contribution in [0.3, 0.4) is 0 Å². The van der Waals surface area contributed by atoms with Crippen molar-refractivity contribution in [2.45, 2.75) is 38.1 Å². The van der Waals surface area contributed by atoms with Crippen molar-refractivity contribution in [2.24, 2.45) is 11.3 Å². The summed E-state index contributed by atoms with van der Waals surface area (Å²) in [6, 6.07) is 7.24. The second-order valence-electron chi connectivity index (χ2n) is 8.09. The zero-order valence-electron chi connectivity index (χ0n) is 16.4. The van der Waals surface area contributed by atoms with Crippen molar-refractivity contribution in [2.75, 3.05) is 13.6 Å². The van der Waals surface area contributed by atoms with Crippen LogP contribution in [0.2, 0.25) is 5.02 Å². The van der Waals surface area contributed by atoms with E-state index in [1.807, 2.05) is 35.1 Å². The molecule has 0 aromatic heterocycles. The van der Waals surface area contributed by atoms with Gasteiger partial charge in [0.15, 0.2) is 6.29 Å². The number of benzene rings is 1.